The Morgan fingerprint density at radius 2 is 2.27 bits per heavy atom. The molecule has 0 aliphatic carbocycles. The van der Waals surface area contributed by atoms with Gasteiger partial charge in [-0.15, -0.1) is 0 Å². The molecule has 0 atom stereocenters. The molecule has 0 saturated heterocycles. The van der Waals surface area contributed by atoms with Crippen LogP contribution in [0.5, 0.6) is 0 Å². The molecule has 4 heteroatoms. The van der Waals surface area contributed by atoms with Crippen LogP contribution in [0.1, 0.15) is 5.56 Å². The lowest BCUT2D eigenvalue weighted by molar-refractivity contribution is 1.04. The average molecular weight is 330 g/mol. The van der Waals surface area contributed by atoms with Gasteiger partial charge in [0.1, 0.15) is 0 Å². The van der Waals surface area contributed by atoms with Gasteiger partial charge in [0.05, 0.1) is 10.8 Å². The Morgan fingerprint density at radius 3 is 2.93 bits per heavy atom. The lowest BCUT2D eigenvalue weighted by Gasteiger charge is -2.05. The molecular weight excluding hydrogens is 319 g/mol. The first-order chi connectivity index (χ1) is 7.27. The van der Waals surface area contributed by atoms with Gasteiger partial charge in [-0.25, -0.2) is 0 Å². The van der Waals surface area contributed by atoms with E-state index in [1.54, 1.807) is 4.22 Å². The van der Waals surface area contributed by atoms with E-state index < -0.39 is 0 Å². The molecule has 0 heterocycles. The molecule has 1 aromatic carbocycles. The fourth-order valence-electron chi connectivity index (χ4n) is 1.04. The molecule has 0 saturated carbocycles. The third-order valence-corrected chi connectivity index (χ3v) is 3.10. The van der Waals surface area contributed by atoms with Gasteiger partial charge in [0.15, 0.2) is 0 Å². The van der Waals surface area contributed by atoms with Crippen molar-refractivity contribution in [2.75, 3.05) is 0 Å². The molecule has 0 fully saturated rings. The SMILES string of the molecule is C=C(C=N)Sc1ccccc1C/N=C\I. The van der Waals surface area contributed by atoms with Crippen molar-refractivity contribution >= 4 is 44.8 Å². The molecule has 0 spiro atoms. The highest BCUT2D eigenvalue weighted by atomic mass is 127. The van der Waals surface area contributed by atoms with Crippen LogP contribution in [-0.4, -0.2) is 10.4 Å². The fourth-order valence-corrected chi connectivity index (χ4v) is 1.99. The Kier molecular flexibility index (Phi) is 5.63. The zero-order valence-electron chi connectivity index (χ0n) is 8.11. The number of hydrogen-bond acceptors (Lipinski definition) is 3. The summed E-state index contributed by atoms with van der Waals surface area (Å²) in [5.74, 6) is 0. The van der Waals surface area contributed by atoms with Crippen molar-refractivity contribution in [1.29, 1.82) is 5.41 Å². The average Bonchev–Trinajstić information content (AvgIpc) is 2.28. The Labute approximate surface area is 108 Å². The first-order valence-corrected chi connectivity index (χ1v) is 6.37. The van der Waals surface area contributed by atoms with Crippen molar-refractivity contribution in [3.05, 3.63) is 41.3 Å². The van der Waals surface area contributed by atoms with Gasteiger partial charge in [-0.1, -0.05) is 36.5 Å². The van der Waals surface area contributed by atoms with Gasteiger partial charge in [-0.05, 0) is 34.2 Å². The maximum absolute atomic E-state index is 7.09. The Hall–Kier alpha value is -0.620. The molecule has 2 nitrogen and oxygen atoms in total. The maximum atomic E-state index is 7.09. The fraction of sp³-hybridized carbons (Fsp3) is 0.0909. The smallest absolute Gasteiger partial charge is 0.0656 e. The van der Waals surface area contributed by atoms with Crippen LogP contribution < -0.4 is 0 Å². The molecule has 0 amide bonds. The van der Waals surface area contributed by atoms with Crippen LogP contribution in [0.2, 0.25) is 0 Å². The largest absolute Gasteiger partial charge is 0.308 e. The van der Waals surface area contributed by atoms with Crippen LogP contribution in [0.4, 0.5) is 0 Å². The van der Waals surface area contributed by atoms with E-state index in [9.17, 15) is 0 Å². The van der Waals surface area contributed by atoms with Crippen molar-refractivity contribution < 1.29 is 0 Å². The minimum Gasteiger partial charge on any atom is -0.308 e. The Bertz CT molecular complexity index is 388. The van der Waals surface area contributed by atoms with Crippen molar-refractivity contribution in [2.45, 2.75) is 11.4 Å². The summed E-state index contributed by atoms with van der Waals surface area (Å²) in [7, 11) is 0. The first-order valence-electron chi connectivity index (χ1n) is 4.31. The highest BCUT2D eigenvalue weighted by molar-refractivity contribution is 14.1. The number of halogens is 1. The van der Waals surface area contributed by atoms with E-state index in [0.717, 1.165) is 9.80 Å². The van der Waals surface area contributed by atoms with E-state index in [0.29, 0.717) is 6.54 Å². The Morgan fingerprint density at radius 1 is 1.53 bits per heavy atom. The van der Waals surface area contributed by atoms with Gasteiger partial charge < -0.3 is 5.41 Å². The molecule has 0 aliphatic rings. The number of hydrogen-bond donors (Lipinski definition) is 1. The monoisotopic (exact) mass is 330 g/mol. The number of aliphatic imine (C=N–C) groups is 1. The summed E-state index contributed by atoms with van der Waals surface area (Å²) in [6.07, 6.45) is 1.27. The summed E-state index contributed by atoms with van der Waals surface area (Å²) >= 11 is 3.61. The number of thioether (sulfide) groups is 1. The molecule has 0 aromatic heterocycles. The number of nitrogens with one attached hydrogen (secondary N) is 1. The topological polar surface area (TPSA) is 36.2 Å². The predicted molar refractivity (Wildman–Crippen MR) is 76.4 cm³/mol. The van der Waals surface area contributed by atoms with Gasteiger partial charge in [0.25, 0.3) is 0 Å². The minimum absolute atomic E-state index is 0.678. The van der Waals surface area contributed by atoms with E-state index >= 15 is 0 Å². The molecular formula is C11H11IN2S. The minimum atomic E-state index is 0.678. The molecule has 0 unspecified atom stereocenters. The number of allylic oxidation sites excluding steroid dienone is 1. The quantitative estimate of drug-likeness (QED) is 0.496. The lowest BCUT2D eigenvalue weighted by Crippen LogP contribution is -1.86. The van der Waals surface area contributed by atoms with Gasteiger partial charge >= 0.3 is 0 Å². The van der Waals surface area contributed by atoms with Crippen molar-refractivity contribution in [3.8, 4) is 0 Å². The summed E-state index contributed by atoms with van der Waals surface area (Å²) < 4.78 is 1.77. The highest BCUT2D eigenvalue weighted by Gasteiger charge is 2.02. The zero-order valence-corrected chi connectivity index (χ0v) is 11.1. The summed E-state index contributed by atoms with van der Waals surface area (Å²) in [6.45, 7) is 4.45. The molecule has 0 radical (unpaired) electrons. The van der Waals surface area contributed by atoms with E-state index in [1.165, 1.54) is 23.5 Å². The molecule has 1 rings (SSSR count). The molecule has 78 valence electrons. The van der Waals surface area contributed by atoms with Gasteiger partial charge in [0, 0.05) is 16.0 Å². The molecule has 1 N–H and O–H groups in total. The van der Waals surface area contributed by atoms with E-state index in [-0.39, 0.29) is 0 Å². The van der Waals surface area contributed by atoms with Crippen molar-refractivity contribution in [1.82, 2.24) is 0 Å². The van der Waals surface area contributed by atoms with E-state index in [2.05, 4.69) is 34.2 Å². The van der Waals surface area contributed by atoms with Crippen LogP contribution in [0.3, 0.4) is 0 Å². The number of nitrogens with zero attached hydrogens (tertiary/aromatic N) is 1. The third kappa shape index (κ3) is 4.17. The van der Waals surface area contributed by atoms with Crippen LogP contribution in [0, 0.1) is 5.41 Å². The molecule has 1 aromatic rings. The Balaban J connectivity index is 2.85. The second-order valence-corrected chi connectivity index (χ2v) is 4.48. The second-order valence-electron chi connectivity index (χ2n) is 2.76. The zero-order chi connectivity index (χ0) is 11.1. The highest BCUT2D eigenvalue weighted by Crippen LogP contribution is 2.27. The first kappa shape index (κ1) is 12.4. The summed E-state index contributed by atoms with van der Waals surface area (Å²) in [6, 6.07) is 8.05. The van der Waals surface area contributed by atoms with Crippen LogP contribution in [-0.2, 0) is 6.54 Å². The summed E-state index contributed by atoms with van der Waals surface area (Å²) in [5.41, 5.74) is 1.17. The van der Waals surface area contributed by atoms with E-state index in [1.807, 2.05) is 24.3 Å². The van der Waals surface area contributed by atoms with Crippen LogP contribution in [0.15, 0.2) is 45.6 Å². The maximum Gasteiger partial charge on any atom is 0.0656 e. The van der Waals surface area contributed by atoms with E-state index in [4.69, 9.17) is 5.41 Å². The van der Waals surface area contributed by atoms with Gasteiger partial charge in [-0.3, -0.25) is 4.99 Å². The molecule has 0 aliphatic heterocycles. The van der Waals surface area contributed by atoms with Crippen molar-refractivity contribution in [3.63, 3.8) is 0 Å². The predicted octanol–water partition coefficient (Wildman–Crippen LogP) is 3.91. The lowest BCUT2D eigenvalue weighted by atomic mass is 10.2. The second kappa shape index (κ2) is 6.79. The normalized spacial score (nSPS) is 10.5. The van der Waals surface area contributed by atoms with Crippen LogP contribution in [0.25, 0.3) is 0 Å². The molecule has 15 heavy (non-hydrogen) atoms. The summed E-state index contributed by atoms with van der Waals surface area (Å²) in [4.78, 5) is 6.05. The van der Waals surface area contributed by atoms with Crippen molar-refractivity contribution in [2.24, 2.45) is 4.99 Å². The van der Waals surface area contributed by atoms with Gasteiger partial charge in [0.2, 0.25) is 0 Å². The van der Waals surface area contributed by atoms with Gasteiger partial charge in [-0.2, -0.15) is 0 Å². The summed E-state index contributed by atoms with van der Waals surface area (Å²) in [5, 5.41) is 7.09. The van der Waals surface area contributed by atoms with Crippen LogP contribution >= 0.6 is 34.4 Å². The molecule has 0 bridgehead atoms. The number of benzene rings is 1. The third-order valence-electron chi connectivity index (χ3n) is 1.71. The number of rotatable bonds is 5. The standard InChI is InChI=1S/C11H11IN2S/c1-9(6-13)15-11-5-3-2-4-10(11)7-14-8-12/h2-6,8,13H,1,7H2/b13-6?,14-8-.